The molecule has 4 heteroatoms. The predicted molar refractivity (Wildman–Crippen MR) is 48.4 cm³/mol. The van der Waals surface area contributed by atoms with Crippen LogP contribution in [0.3, 0.4) is 0 Å². The van der Waals surface area contributed by atoms with Crippen LogP contribution in [-0.4, -0.2) is 9.55 Å². The van der Waals surface area contributed by atoms with Crippen LogP contribution in [0.4, 0.5) is 4.39 Å². The molecule has 0 aliphatic heterocycles. The molecule has 0 saturated carbocycles. The van der Waals surface area contributed by atoms with Gasteiger partial charge in [0.1, 0.15) is 0 Å². The fourth-order valence-corrected chi connectivity index (χ4v) is 1.49. The molecule has 62 valence electrons. The summed E-state index contributed by atoms with van der Waals surface area (Å²) >= 11 is 3.29. The van der Waals surface area contributed by atoms with E-state index in [9.17, 15) is 4.39 Å². The van der Waals surface area contributed by atoms with E-state index in [-0.39, 0.29) is 0 Å². The van der Waals surface area contributed by atoms with E-state index >= 15 is 0 Å². The summed E-state index contributed by atoms with van der Waals surface area (Å²) in [5, 5.41) is 0. The SMILES string of the molecule is Cn1c(F)nc2cc(Br)ccc21. The number of halogens is 2. The standard InChI is InChI=1S/C8H6BrFN2/c1-12-7-3-2-5(9)4-6(7)11-8(12)10/h2-4H,1H3. The Bertz CT molecular complexity index is 436. The van der Waals surface area contributed by atoms with Gasteiger partial charge in [-0.1, -0.05) is 15.9 Å². The first kappa shape index (κ1) is 7.73. The molecule has 0 aliphatic rings. The molecule has 0 fully saturated rings. The molecule has 1 aromatic heterocycles. The lowest BCUT2D eigenvalue weighted by molar-refractivity contribution is 0.507. The lowest BCUT2D eigenvalue weighted by Crippen LogP contribution is -1.90. The van der Waals surface area contributed by atoms with Crippen LogP contribution in [0.2, 0.25) is 0 Å². The summed E-state index contributed by atoms with van der Waals surface area (Å²) in [6, 6.07) is 5.48. The zero-order chi connectivity index (χ0) is 8.72. The maximum atomic E-state index is 12.9. The summed E-state index contributed by atoms with van der Waals surface area (Å²) in [4.78, 5) is 3.74. The van der Waals surface area contributed by atoms with Gasteiger partial charge in [-0.05, 0) is 18.2 Å². The maximum absolute atomic E-state index is 12.9. The van der Waals surface area contributed by atoms with E-state index in [2.05, 4.69) is 20.9 Å². The number of benzene rings is 1. The summed E-state index contributed by atoms with van der Waals surface area (Å²) in [7, 11) is 1.65. The van der Waals surface area contributed by atoms with Gasteiger partial charge in [-0.2, -0.15) is 4.39 Å². The smallest absolute Gasteiger partial charge is 0.289 e. The van der Waals surface area contributed by atoms with Crippen molar-refractivity contribution in [1.29, 1.82) is 0 Å². The van der Waals surface area contributed by atoms with Crippen molar-refractivity contribution in [3.05, 3.63) is 28.7 Å². The number of hydrogen-bond acceptors (Lipinski definition) is 1. The Hall–Kier alpha value is -0.900. The monoisotopic (exact) mass is 228 g/mol. The first-order valence-corrected chi connectivity index (χ1v) is 4.25. The molecule has 0 bridgehead atoms. The highest BCUT2D eigenvalue weighted by molar-refractivity contribution is 9.10. The first-order chi connectivity index (χ1) is 5.68. The summed E-state index contributed by atoms with van der Waals surface area (Å²) in [5.74, 6) is 0. The molecule has 0 radical (unpaired) electrons. The Labute approximate surface area is 77.1 Å². The number of rotatable bonds is 0. The highest BCUT2D eigenvalue weighted by atomic mass is 79.9. The van der Waals surface area contributed by atoms with Crippen LogP contribution >= 0.6 is 15.9 Å². The van der Waals surface area contributed by atoms with Crippen LogP contribution in [0.1, 0.15) is 0 Å². The van der Waals surface area contributed by atoms with Crippen molar-refractivity contribution in [2.45, 2.75) is 0 Å². The number of aryl methyl sites for hydroxylation is 1. The third-order valence-electron chi connectivity index (χ3n) is 1.79. The Morgan fingerprint density at radius 3 is 3.00 bits per heavy atom. The van der Waals surface area contributed by atoms with Gasteiger partial charge in [-0.15, -0.1) is 0 Å². The summed E-state index contributed by atoms with van der Waals surface area (Å²) < 4.78 is 15.2. The fraction of sp³-hybridized carbons (Fsp3) is 0.125. The van der Waals surface area contributed by atoms with Crippen LogP contribution in [0, 0.1) is 6.08 Å². The largest absolute Gasteiger partial charge is 0.303 e. The molecule has 2 rings (SSSR count). The summed E-state index contributed by atoms with van der Waals surface area (Å²) in [6.45, 7) is 0. The Morgan fingerprint density at radius 2 is 2.25 bits per heavy atom. The minimum absolute atomic E-state index is 0.455. The molecule has 0 saturated heterocycles. The van der Waals surface area contributed by atoms with Gasteiger partial charge < -0.3 is 4.57 Å². The third kappa shape index (κ3) is 1.03. The average molecular weight is 229 g/mol. The van der Waals surface area contributed by atoms with Gasteiger partial charge in [0.15, 0.2) is 0 Å². The number of imidazole rings is 1. The van der Waals surface area contributed by atoms with E-state index in [1.165, 1.54) is 4.57 Å². The number of fused-ring (bicyclic) bond motifs is 1. The lowest BCUT2D eigenvalue weighted by Gasteiger charge is -1.93. The predicted octanol–water partition coefficient (Wildman–Crippen LogP) is 2.47. The van der Waals surface area contributed by atoms with E-state index in [0.29, 0.717) is 5.52 Å². The molecular formula is C8H6BrFN2. The number of hydrogen-bond donors (Lipinski definition) is 0. The van der Waals surface area contributed by atoms with E-state index in [1.807, 2.05) is 12.1 Å². The highest BCUT2D eigenvalue weighted by Crippen LogP contribution is 2.18. The van der Waals surface area contributed by atoms with Gasteiger partial charge in [-0.3, -0.25) is 0 Å². The van der Waals surface area contributed by atoms with Gasteiger partial charge in [0.25, 0.3) is 6.08 Å². The van der Waals surface area contributed by atoms with Gasteiger partial charge in [-0.25, -0.2) is 4.98 Å². The second kappa shape index (κ2) is 2.55. The van der Waals surface area contributed by atoms with Gasteiger partial charge >= 0.3 is 0 Å². The molecule has 0 spiro atoms. The average Bonchev–Trinajstić information content (AvgIpc) is 2.28. The lowest BCUT2D eigenvalue weighted by atomic mass is 10.3. The van der Waals surface area contributed by atoms with Crippen molar-refractivity contribution in [3.63, 3.8) is 0 Å². The van der Waals surface area contributed by atoms with E-state index in [0.717, 1.165) is 9.99 Å². The van der Waals surface area contributed by atoms with Crippen molar-refractivity contribution in [1.82, 2.24) is 9.55 Å². The zero-order valence-electron chi connectivity index (χ0n) is 6.38. The van der Waals surface area contributed by atoms with Crippen molar-refractivity contribution in [3.8, 4) is 0 Å². The van der Waals surface area contributed by atoms with Gasteiger partial charge in [0, 0.05) is 11.5 Å². The minimum Gasteiger partial charge on any atom is -0.303 e. The molecule has 0 aliphatic carbocycles. The zero-order valence-corrected chi connectivity index (χ0v) is 7.97. The van der Waals surface area contributed by atoms with E-state index in [1.54, 1.807) is 13.1 Å². The van der Waals surface area contributed by atoms with Crippen molar-refractivity contribution in [2.75, 3.05) is 0 Å². The van der Waals surface area contributed by atoms with Crippen LogP contribution in [-0.2, 0) is 7.05 Å². The van der Waals surface area contributed by atoms with Crippen molar-refractivity contribution >= 4 is 27.0 Å². The number of aromatic nitrogens is 2. The second-order valence-corrected chi connectivity index (χ2v) is 3.49. The summed E-state index contributed by atoms with van der Waals surface area (Å²) in [5.41, 5.74) is 1.47. The summed E-state index contributed by atoms with van der Waals surface area (Å²) in [6.07, 6.45) is -0.455. The van der Waals surface area contributed by atoms with Crippen molar-refractivity contribution in [2.24, 2.45) is 7.05 Å². The fourth-order valence-electron chi connectivity index (χ4n) is 1.14. The molecule has 1 aromatic carbocycles. The molecule has 2 aromatic rings. The first-order valence-electron chi connectivity index (χ1n) is 3.46. The van der Waals surface area contributed by atoms with Gasteiger partial charge in [0.05, 0.1) is 11.0 Å². The van der Waals surface area contributed by atoms with Gasteiger partial charge in [0.2, 0.25) is 0 Å². The molecule has 2 nitrogen and oxygen atoms in total. The normalized spacial score (nSPS) is 10.9. The molecule has 0 N–H and O–H groups in total. The third-order valence-corrected chi connectivity index (χ3v) is 2.28. The topological polar surface area (TPSA) is 17.8 Å². The van der Waals surface area contributed by atoms with Crippen LogP contribution in [0.15, 0.2) is 22.7 Å². The Balaban J connectivity index is 2.87. The molecule has 0 amide bonds. The molecule has 12 heavy (non-hydrogen) atoms. The van der Waals surface area contributed by atoms with Crippen LogP contribution < -0.4 is 0 Å². The van der Waals surface area contributed by atoms with E-state index < -0.39 is 6.08 Å². The van der Waals surface area contributed by atoms with Crippen molar-refractivity contribution < 1.29 is 4.39 Å². The second-order valence-electron chi connectivity index (χ2n) is 2.57. The molecule has 0 atom stereocenters. The highest BCUT2D eigenvalue weighted by Gasteiger charge is 2.05. The molecule has 1 heterocycles. The maximum Gasteiger partial charge on any atom is 0.289 e. The number of nitrogens with zero attached hydrogens (tertiary/aromatic N) is 2. The molecule has 0 unspecified atom stereocenters. The molecular weight excluding hydrogens is 223 g/mol. The Morgan fingerprint density at radius 1 is 1.50 bits per heavy atom. The Kier molecular flexibility index (Phi) is 1.65. The van der Waals surface area contributed by atoms with Crippen LogP contribution in [0.25, 0.3) is 11.0 Å². The quantitative estimate of drug-likeness (QED) is 0.678. The van der Waals surface area contributed by atoms with E-state index in [4.69, 9.17) is 0 Å². The minimum atomic E-state index is -0.455. The van der Waals surface area contributed by atoms with Crippen LogP contribution in [0.5, 0.6) is 0 Å².